The van der Waals surface area contributed by atoms with Gasteiger partial charge in [-0.1, -0.05) is 23.8 Å². The van der Waals surface area contributed by atoms with Crippen LogP contribution >= 0.6 is 0 Å². The molecular formula is C15H20O2. The normalized spacial score (nSPS) is 18.7. The van der Waals surface area contributed by atoms with Crippen molar-refractivity contribution in [3.05, 3.63) is 40.5 Å². The quantitative estimate of drug-likeness (QED) is 0.792. The number of hydrogen-bond acceptors (Lipinski definition) is 2. The molecular weight excluding hydrogens is 212 g/mol. The van der Waals surface area contributed by atoms with E-state index in [2.05, 4.69) is 32.0 Å². The van der Waals surface area contributed by atoms with E-state index in [-0.39, 0.29) is 0 Å². The van der Waals surface area contributed by atoms with Gasteiger partial charge in [-0.05, 0) is 36.1 Å². The third-order valence-electron chi connectivity index (χ3n) is 3.68. The molecule has 0 aromatic heterocycles. The van der Waals surface area contributed by atoms with Crippen LogP contribution in [-0.4, -0.2) is 20.8 Å². The Morgan fingerprint density at radius 2 is 1.88 bits per heavy atom. The summed E-state index contributed by atoms with van der Waals surface area (Å²) in [5.41, 5.74) is 6.84. The maximum atomic E-state index is 5.34. The van der Waals surface area contributed by atoms with Crippen molar-refractivity contribution < 1.29 is 9.47 Å². The standard InChI is InChI=1S/C15H20O2/c1-10-11(2)15-12(8-16-3)6-5-7-13(15)14(10)9-17-4/h5-7,14H,8-9H2,1-4H3. The van der Waals surface area contributed by atoms with Gasteiger partial charge in [-0.2, -0.15) is 0 Å². The van der Waals surface area contributed by atoms with Gasteiger partial charge < -0.3 is 9.47 Å². The summed E-state index contributed by atoms with van der Waals surface area (Å²) in [5, 5.41) is 0. The molecule has 92 valence electrons. The summed E-state index contributed by atoms with van der Waals surface area (Å²) in [7, 11) is 3.51. The molecule has 17 heavy (non-hydrogen) atoms. The lowest BCUT2D eigenvalue weighted by molar-refractivity contribution is 0.183. The summed E-state index contributed by atoms with van der Waals surface area (Å²) in [6, 6.07) is 6.47. The predicted molar refractivity (Wildman–Crippen MR) is 70.0 cm³/mol. The van der Waals surface area contributed by atoms with E-state index < -0.39 is 0 Å². The molecule has 2 nitrogen and oxygen atoms in total. The Morgan fingerprint density at radius 3 is 2.53 bits per heavy atom. The average molecular weight is 232 g/mol. The van der Waals surface area contributed by atoms with Crippen LogP contribution in [-0.2, 0) is 16.1 Å². The first kappa shape index (κ1) is 12.3. The Morgan fingerprint density at radius 1 is 1.12 bits per heavy atom. The summed E-state index contributed by atoms with van der Waals surface area (Å²) in [5.74, 6) is 0.409. The molecule has 0 saturated heterocycles. The summed E-state index contributed by atoms with van der Waals surface area (Å²) in [6.45, 7) is 5.83. The number of benzene rings is 1. The van der Waals surface area contributed by atoms with Crippen molar-refractivity contribution >= 4 is 5.57 Å². The zero-order valence-corrected chi connectivity index (χ0v) is 11.0. The van der Waals surface area contributed by atoms with Gasteiger partial charge >= 0.3 is 0 Å². The lowest BCUT2D eigenvalue weighted by Gasteiger charge is -2.14. The van der Waals surface area contributed by atoms with Gasteiger partial charge in [0.15, 0.2) is 0 Å². The van der Waals surface area contributed by atoms with Crippen LogP contribution in [0.15, 0.2) is 23.8 Å². The van der Waals surface area contributed by atoms with E-state index in [0.717, 1.165) is 6.61 Å². The Kier molecular flexibility index (Phi) is 3.65. The van der Waals surface area contributed by atoms with Crippen LogP contribution in [0.2, 0.25) is 0 Å². The molecule has 0 saturated carbocycles. The van der Waals surface area contributed by atoms with Gasteiger partial charge in [-0.25, -0.2) is 0 Å². The molecule has 2 heteroatoms. The minimum atomic E-state index is 0.409. The molecule has 1 aliphatic carbocycles. The van der Waals surface area contributed by atoms with Crippen LogP contribution in [0.4, 0.5) is 0 Å². The Hall–Kier alpha value is -1.12. The molecule has 0 amide bonds. The molecule has 0 aliphatic heterocycles. The first-order valence-corrected chi connectivity index (χ1v) is 5.98. The highest BCUT2D eigenvalue weighted by molar-refractivity contribution is 5.78. The lowest BCUT2D eigenvalue weighted by Crippen LogP contribution is -2.05. The molecule has 0 fully saturated rings. The average Bonchev–Trinajstić information content (AvgIpc) is 2.56. The van der Waals surface area contributed by atoms with Gasteiger partial charge in [-0.3, -0.25) is 0 Å². The minimum absolute atomic E-state index is 0.409. The minimum Gasteiger partial charge on any atom is -0.384 e. The third kappa shape index (κ3) is 2.03. The topological polar surface area (TPSA) is 18.5 Å². The maximum Gasteiger partial charge on any atom is 0.0719 e. The fourth-order valence-electron chi connectivity index (χ4n) is 2.72. The Labute approximate surface area is 103 Å². The van der Waals surface area contributed by atoms with Crippen molar-refractivity contribution in [2.24, 2.45) is 0 Å². The number of rotatable bonds is 4. The maximum absolute atomic E-state index is 5.34. The molecule has 1 unspecified atom stereocenters. The molecule has 0 bridgehead atoms. The van der Waals surface area contributed by atoms with Gasteiger partial charge in [0, 0.05) is 20.1 Å². The van der Waals surface area contributed by atoms with Crippen molar-refractivity contribution in [2.45, 2.75) is 26.4 Å². The largest absolute Gasteiger partial charge is 0.384 e. The van der Waals surface area contributed by atoms with Gasteiger partial charge in [-0.15, -0.1) is 0 Å². The fourth-order valence-corrected chi connectivity index (χ4v) is 2.72. The van der Waals surface area contributed by atoms with Gasteiger partial charge in [0.2, 0.25) is 0 Å². The summed E-state index contributed by atoms with van der Waals surface area (Å²) >= 11 is 0. The highest BCUT2D eigenvalue weighted by atomic mass is 16.5. The van der Waals surface area contributed by atoms with Crippen LogP contribution < -0.4 is 0 Å². The zero-order chi connectivity index (χ0) is 12.4. The van der Waals surface area contributed by atoms with Crippen LogP contribution in [0.1, 0.15) is 36.5 Å². The molecule has 0 radical (unpaired) electrons. The zero-order valence-electron chi connectivity index (χ0n) is 11.0. The second kappa shape index (κ2) is 5.03. The van der Waals surface area contributed by atoms with Crippen LogP contribution in [0.3, 0.4) is 0 Å². The molecule has 0 heterocycles. The van der Waals surface area contributed by atoms with Crippen LogP contribution in [0.25, 0.3) is 5.57 Å². The van der Waals surface area contributed by atoms with E-state index in [0.29, 0.717) is 12.5 Å². The number of allylic oxidation sites excluding steroid dienone is 1. The van der Waals surface area contributed by atoms with Crippen molar-refractivity contribution in [1.82, 2.24) is 0 Å². The molecule has 0 N–H and O–H groups in total. The number of fused-ring (bicyclic) bond motifs is 1. The van der Waals surface area contributed by atoms with Crippen molar-refractivity contribution in [3.8, 4) is 0 Å². The molecule has 2 rings (SSSR count). The van der Waals surface area contributed by atoms with Gasteiger partial charge in [0.1, 0.15) is 0 Å². The van der Waals surface area contributed by atoms with Crippen molar-refractivity contribution in [3.63, 3.8) is 0 Å². The third-order valence-corrected chi connectivity index (χ3v) is 3.68. The van der Waals surface area contributed by atoms with E-state index in [1.165, 1.54) is 27.8 Å². The molecule has 1 aliphatic rings. The monoisotopic (exact) mass is 232 g/mol. The second-order valence-corrected chi connectivity index (χ2v) is 4.63. The van der Waals surface area contributed by atoms with Crippen molar-refractivity contribution in [1.29, 1.82) is 0 Å². The second-order valence-electron chi connectivity index (χ2n) is 4.63. The van der Waals surface area contributed by atoms with E-state index >= 15 is 0 Å². The molecule has 1 aromatic rings. The summed E-state index contributed by atoms with van der Waals surface area (Å²) < 4.78 is 10.6. The molecule has 1 atom stereocenters. The summed E-state index contributed by atoms with van der Waals surface area (Å²) in [6.07, 6.45) is 0. The SMILES string of the molecule is COCc1cccc2c1C(C)=C(C)C2COC. The lowest BCUT2D eigenvalue weighted by atomic mass is 9.95. The first-order chi connectivity index (χ1) is 8.20. The predicted octanol–water partition coefficient (Wildman–Crippen LogP) is 3.37. The molecule has 0 spiro atoms. The van der Waals surface area contributed by atoms with Crippen LogP contribution in [0.5, 0.6) is 0 Å². The van der Waals surface area contributed by atoms with E-state index in [4.69, 9.17) is 9.47 Å². The van der Waals surface area contributed by atoms with E-state index in [1.807, 2.05) is 0 Å². The van der Waals surface area contributed by atoms with E-state index in [9.17, 15) is 0 Å². The molecule has 1 aromatic carbocycles. The highest BCUT2D eigenvalue weighted by Gasteiger charge is 2.27. The highest BCUT2D eigenvalue weighted by Crippen LogP contribution is 2.43. The Balaban J connectivity index is 2.49. The van der Waals surface area contributed by atoms with Crippen molar-refractivity contribution in [2.75, 3.05) is 20.8 Å². The smallest absolute Gasteiger partial charge is 0.0719 e. The van der Waals surface area contributed by atoms with Gasteiger partial charge in [0.05, 0.1) is 13.2 Å². The first-order valence-electron chi connectivity index (χ1n) is 5.98. The number of ether oxygens (including phenoxy) is 2. The van der Waals surface area contributed by atoms with Crippen LogP contribution in [0, 0.1) is 0 Å². The summed E-state index contributed by atoms with van der Waals surface area (Å²) in [4.78, 5) is 0. The van der Waals surface area contributed by atoms with Gasteiger partial charge in [0.25, 0.3) is 0 Å². The fraction of sp³-hybridized carbons (Fsp3) is 0.467. The number of hydrogen-bond donors (Lipinski definition) is 0. The van der Waals surface area contributed by atoms with E-state index in [1.54, 1.807) is 14.2 Å². The number of methoxy groups -OCH3 is 2. The Bertz CT molecular complexity index is 446.